The van der Waals surface area contributed by atoms with Gasteiger partial charge in [-0.1, -0.05) is 24.4 Å². The van der Waals surface area contributed by atoms with Gasteiger partial charge in [0.2, 0.25) is 5.91 Å². The Morgan fingerprint density at radius 3 is 2.62 bits per heavy atom. The Hall–Kier alpha value is -0.700. The molecule has 2 fully saturated rings. The van der Waals surface area contributed by atoms with E-state index in [9.17, 15) is 4.79 Å². The third kappa shape index (κ3) is 0.742. The standard InChI is InChI=1S/C10H11NOS/c1-11-9(12)7-5-2-3-6(4-5)8(7)10(11)13/h2-3,5-8H,4H2,1H3. The molecule has 1 aliphatic heterocycles. The maximum absolute atomic E-state index is 11.8. The molecule has 0 aromatic rings. The fourth-order valence-corrected chi connectivity index (χ4v) is 3.46. The summed E-state index contributed by atoms with van der Waals surface area (Å²) in [7, 11) is 1.81. The van der Waals surface area contributed by atoms with Gasteiger partial charge in [-0.15, -0.1) is 0 Å². The van der Waals surface area contributed by atoms with Gasteiger partial charge in [-0.3, -0.25) is 4.79 Å². The van der Waals surface area contributed by atoms with Crippen LogP contribution in [-0.2, 0) is 4.79 Å². The molecule has 2 nitrogen and oxygen atoms in total. The molecule has 3 rings (SSSR count). The van der Waals surface area contributed by atoms with Crippen LogP contribution < -0.4 is 0 Å². The Labute approximate surface area is 82.6 Å². The first-order valence-electron chi connectivity index (χ1n) is 4.70. The van der Waals surface area contributed by atoms with Crippen LogP contribution in [0.15, 0.2) is 12.2 Å². The molecule has 1 amide bonds. The Kier molecular flexibility index (Phi) is 1.30. The summed E-state index contributed by atoms with van der Waals surface area (Å²) in [4.78, 5) is 14.3. The van der Waals surface area contributed by atoms with Crippen molar-refractivity contribution in [2.75, 3.05) is 7.05 Å². The summed E-state index contributed by atoms with van der Waals surface area (Å²) in [5.74, 6) is 1.81. The molecular weight excluding hydrogens is 182 g/mol. The van der Waals surface area contributed by atoms with Crippen molar-refractivity contribution in [1.29, 1.82) is 0 Å². The number of carbonyl (C=O) groups is 1. The summed E-state index contributed by atoms with van der Waals surface area (Å²) in [6, 6.07) is 0. The number of allylic oxidation sites excluding steroid dienone is 2. The van der Waals surface area contributed by atoms with Crippen LogP contribution in [0.4, 0.5) is 0 Å². The SMILES string of the molecule is CN1C(=O)C2C3C=CC(C3)C2C1=S. The molecule has 3 heteroatoms. The fraction of sp³-hybridized carbons (Fsp3) is 0.600. The number of carbonyl (C=O) groups excluding carboxylic acids is 1. The van der Waals surface area contributed by atoms with Gasteiger partial charge < -0.3 is 4.90 Å². The van der Waals surface area contributed by atoms with E-state index in [1.165, 1.54) is 0 Å². The summed E-state index contributed by atoms with van der Waals surface area (Å²) in [5.41, 5.74) is 0. The summed E-state index contributed by atoms with van der Waals surface area (Å²) < 4.78 is 0. The van der Waals surface area contributed by atoms with Gasteiger partial charge in [-0.05, 0) is 18.3 Å². The van der Waals surface area contributed by atoms with Gasteiger partial charge in [0.1, 0.15) is 0 Å². The second-order valence-corrected chi connectivity index (χ2v) is 4.65. The lowest BCUT2D eigenvalue weighted by atomic mass is 9.86. The van der Waals surface area contributed by atoms with Gasteiger partial charge in [-0.25, -0.2) is 0 Å². The zero-order chi connectivity index (χ0) is 9.16. The number of hydrogen-bond donors (Lipinski definition) is 0. The second kappa shape index (κ2) is 2.21. The average molecular weight is 193 g/mol. The monoisotopic (exact) mass is 193 g/mol. The van der Waals surface area contributed by atoms with E-state index >= 15 is 0 Å². The minimum absolute atomic E-state index is 0.188. The zero-order valence-corrected chi connectivity index (χ0v) is 8.25. The van der Waals surface area contributed by atoms with Crippen LogP contribution in [0.25, 0.3) is 0 Å². The maximum Gasteiger partial charge on any atom is 0.231 e. The van der Waals surface area contributed by atoms with Crippen molar-refractivity contribution in [2.24, 2.45) is 23.7 Å². The third-order valence-electron chi connectivity index (χ3n) is 3.69. The van der Waals surface area contributed by atoms with Crippen LogP contribution in [-0.4, -0.2) is 22.8 Å². The first-order valence-corrected chi connectivity index (χ1v) is 5.10. The third-order valence-corrected chi connectivity index (χ3v) is 4.24. The molecule has 68 valence electrons. The van der Waals surface area contributed by atoms with Crippen LogP contribution in [0.3, 0.4) is 0 Å². The largest absolute Gasteiger partial charge is 0.309 e. The Bertz CT molecular complexity index is 306. The summed E-state index contributed by atoms with van der Waals surface area (Å²) in [5, 5.41) is 0. The highest BCUT2D eigenvalue weighted by Crippen LogP contribution is 2.52. The lowest BCUT2D eigenvalue weighted by Gasteiger charge is -2.16. The molecule has 2 bridgehead atoms. The van der Waals surface area contributed by atoms with Crippen molar-refractivity contribution >= 4 is 23.1 Å². The van der Waals surface area contributed by atoms with E-state index in [-0.39, 0.29) is 11.8 Å². The smallest absolute Gasteiger partial charge is 0.231 e. The molecule has 4 atom stereocenters. The fourth-order valence-electron chi connectivity index (χ4n) is 3.05. The molecule has 1 saturated heterocycles. The molecule has 0 aromatic carbocycles. The first-order chi connectivity index (χ1) is 6.20. The number of hydrogen-bond acceptors (Lipinski definition) is 2. The van der Waals surface area contributed by atoms with Gasteiger partial charge in [0.25, 0.3) is 0 Å². The van der Waals surface area contributed by atoms with Crippen LogP contribution in [0.5, 0.6) is 0 Å². The van der Waals surface area contributed by atoms with E-state index in [0.29, 0.717) is 17.8 Å². The quantitative estimate of drug-likeness (QED) is 0.426. The second-order valence-electron chi connectivity index (χ2n) is 4.24. The van der Waals surface area contributed by atoms with Crippen LogP contribution in [0.2, 0.25) is 0 Å². The van der Waals surface area contributed by atoms with Crippen LogP contribution >= 0.6 is 12.2 Å². The highest BCUT2D eigenvalue weighted by Gasteiger charge is 2.56. The molecule has 3 aliphatic rings. The minimum atomic E-state index is 0.188. The lowest BCUT2D eigenvalue weighted by molar-refractivity contribution is -0.129. The van der Waals surface area contributed by atoms with Crippen LogP contribution in [0.1, 0.15) is 6.42 Å². The molecule has 0 spiro atoms. The lowest BCUT2D eigenvalue weighted by Crippen LogP contribution is -2.27. The molecule has 4 unspecified atom stereocenters. The van der Waals surface area contributed by atoms with Crippen molar-refractivity contribution in [3.63, 3.8) is 0 Å². The van der Waals surface area contributed by atoms with Crippen molar-refractivity contribution in [3.05, 3.63) is 12.2 Å². The number of amides is 1. The average Bonchev–Trinajstić information content (AvgIpc) is 2.76. The predicted octanol–water partition coefficient (Wildman–Crippen LogP) is 1.22. The van der Waals surface area contributed by atoms with E-state index < -0.39 is 0 Å². The molecule has 13 heavy (non-hydrogen) atoms. The van der Waals surface area contributed by atoms with E-state index in [1.807, 2.05) is 7.05 Å². The topological polar surface area (TPSA) is 20.3 Å². The molecule has 0 radical (unpaired) electrons. The maximum atomic E-state index is 11.8. The van der Waals surface area contributed by atoms with E-state index in [0.717, 1.165) is 11.4 Å². The molecule has 0 aromatic heterocycles. The predicted molar refractivity (Wildman–Crippen MR) is 53.1 cm³/mol. The van der Waals surface area contributed by atoms with Crippen molar-refractivity contribution in [3.8, 4) is 0 Å². The normalized spacial score (nSPS) is 46.4. The molecule has 1 heterocycles. The zero-order valence-electron chi connectivity index (χ0n) is 7.43. The summed E-state index contributed by atoms with van der Waals surface area (Å²) in [6.45, 7) is 0. The summed E-state index contributed by atoms with van der Waals surface area (Å²) in [6.07, 6.45) is 5.59. The molecule has 2 aliphatic carbocycles. The van der Waals surface area contributed by atoms with Crippen molar-refractivity contribution in [2.45, 2.75) is 6.42 Å². The Morgan fingerprint density at radius 2 is 2.00 bits per heavy atom. The molecular formula is C10H11NOS. The molecule has 0 N–H and O–H groups in total. The van der Waals surface area contributed by atoms with Crippen molar-refractivity contribution in [1.82, 2.24) is 4.90 Å². The van der Waals surface area contributed by atoms with Crippen molar-refractivity contribution < 1.29 is 4.79 Å². The van der Waals surface area contributed by atoms with E-state index in [2.05, 4.69) is 12.2 Å². The Morgan fingerprint density at radius 1 is 1.38 bits per heavy atom. The van der Waals surface area contributed by atoms with Gasteiger partial charge >= 0.3 is 0 Å². The van der Waals surface area contributed by atoms with Gasteiger partial charge in [0.15, 0.2) is 0 Å². The number of likely N-dealkylation sites (tertiary alicyclic amines) is 1. The number of rotatable bonds is 0. The van der Waals surface area contributed by atoms with E-state index in [4.69, 9.17) is 12.2 Å². The summed E-state index contributed by atoms with van der Waals surface area (Å²) >= 11 is 5.29. The number of nitrogens with zero attached hydrogens (tertiary/aromatic N) is 1. The highest BCUT2D eigenvalue weighted by atomic mass is 32.1. The highest BCUT2D eigenvalue weighted by molar-refractivity contribution is 7.80. The first kappa shape index (κ1) is 7.68. The number of fused-ring (bicyclic) bond motifs is 5. The van der Waals surface area contributed by atoms with Crippen LogP contribution in [0, 0.1) is 23.7 Å². The number of thiocarbonyl (C=S) groups is 1. The van der Waals surface area contributed by atoms with Gasteiger partial charge in [0.05, 0.1) is 10.9 Å². The minimum Gasteiger partial charge on any atom is -0.309 e. The Balaban J connectivity index is 2.08. The van der Waals surface area contributed by atoms with Gasteiger partial charge in [0, 0.05) is 13.0 Å². The van der Waals surface area contributed by atoms with E-state index in [1.54, 1.807) is 4.90 Å². The van der Waals surface area contributed by atoms with Gasteiger partial charge in [-0.2, -0.15) is 0 Å². The molecule has 1 saturated carbocycles.